The van der Waals surface area contributed by atoms with E-state index in [0.29, 0.717) is 0 Å². The van der Waals surface area contributed by atoms with Crippen LogP contribution >= 0.6 is 0 Å². The molecule has 1 saturated carbocycles. The van der Waals surface area contributed by atoms with E-state index in [1.165, 1.54) is 17.2 Å². The first-order chi connectivity index (χ1) is 11.0. The number of ether oxygens (including phenoxy) is 3. The molecule has 3 heterocycles. The summed E-state index contributed by atoms with van der Waals surface area (Å²) >= 11 is 0. The molecule has 4 atom stereocenters. The van der Waals surface area contributed by atoms with Crippen LogP contribution in [0.15, 0.2) is 12.3 Å². The predicted octanol–water partition coefficient (Wildman–Crippen LogP) is 0.463. The number of ketones is 1. The van der Waals surface area contributed by atoms with Gasteiger partial charge in [-0.25, -0.2) is 0 Å². The first-order valence-electron chi connectivity index (χ1n) is 8.14. The lowest BCUT2D eigenvalue weighted by Crippen LogP contribution is -2.53. The van der Waals surface area contributed by atoms with E-state index in [1.807, 2.05) is 6.92 Å². The number of fused-ring (bicyclic) bond motifs is 1. The monoisotopic (exact) mass is 323 g/mol. The van der Waals surface area contributed by atoms with Crippen molar-refractivity contribution in [2.24, 2.45) is 0 Å². The molecule has 3 aliphatic heterocycles. The minimum Gasteiger partial charge on any atom is -0.394 e. The number of carbonyl (C=O) groups excluding carboxylic acids is 2. The van der Waals surface area contributed by atoms with Gasteiger partial charge in [-0.3, -0.25) is 14.5 Å². The first-order valence-corrected chi connectivity index (χ1v) is 8.14. The lowest BCUT2D eigenvalue weighted by atomic mass is 9.95. The molecule has 23 heavy (non-hydrogen) atoms. The second kappa shape index (κ2) is 5.11. The Labute approximate surface area is 134 Å². The fourth-order valence-electron chi connectivity index (χ4n) is 4.21. The van der Waals surface area contributed by atoms with Gasteiger partial charge in [0, 0.05) is 19.0 Å². The molecule has 0 radical (unpaired) electrons. The predicted molar refractivity (Wildman–Crippen MR) is 76.9 cm³/mol. The van der Waals surface area contributed by atoms with Crippen molar-refractivity contribution in [3.05, 3.63) is 12.3 Å². The van der Waals surface area contributed by atoms with E-state index in [-0.39, 0.29) is 24.7 Å². The maximum absolute atomic E-state index is 12.2. The number of amides is 1. The molecule has 2 saturated heterocycles. The number of hydrogen-bond donors (Lipinski definition) is 1. The quantitative estimate of drug-likeness (QED) is 0.743. The van der Waals surface area contributed by atoms with E-state index >= 15 is 0 Å². The van der Waals surface area contributed by atoms with Crippen LogP contribution in [0.3, 0.4) is 0 Å². The molecule has 7 heteroatoms. The Bertz CT molecular complexity index is 569. The molecule has 0 aromatic heterocycles. The molecule has 7 nitrogen and oxygen atoms in total. The van der Waals surface area contributed by atoms with E-state index in [0.717, 1.165) is 25.7 Å². The molecule has 3 fully saturated rings. The van der Waals surface area contributed by atoms with Crippen molar-refractivity contribution in [2.75, 3.05) is 6.61 Å². The standard InChI is InChI=1S/C16H21NO6/c1-15-13(22-16(23-15)5-2-3-6-16)11(9-18)21-14(15)17-7-4-10(19)8-12(17)20/h4,7,11,13-14,18H,2-3,5-6,8-9H2,1H3/t11-,13-,14-,15-/m1/s1. The molecule has 1 amide bonds. The fraction of sp³-hybridized carbons (Fsp3) is 0.750. The molecule has 0 unspecified atom stereocenters. The van der Waals surface area contributed by atoms with Gasteiger partial charge in [-0.1, -0.05) is 0 Å². The summed E-state index contributed by atoms with van der Waals surface area (Å²) in [5.41, 5.74) is -0.863. The number of carbonyl (C=O) groups is 2. The number of rotatable bonds is 2. The summed E-state index contributed by atoms with van der Waals surface area (Å²) in [6.45, 7) is 1.66. The van der Waals surface area contributed by atoms with Crippen molar-refractivity contribution < 1.29 is 28.9 Å². The highest BCUT2D eigenvalue weighted by atomic mass is 16.8. The van der Waals surface area contributed by atoms with Crippen LogP contribution in [0.25, 0.3) is 0 Å². The van der Waals surface area contributed by atoms with Crippen molar-refractivity contribution in [3.63, 3.8) is 0 Å². The van der Waals surface area contributed by atoms with Gasteiger partial charge in [0.25, 0.3) is 0 Å². The van der Waals surface area contributed by atoms with E-state index in [2.05, 4.69) is 0 Å². The van der Waals surface area contributed by atoms with E-state index in [9.17, 15) is 14.7 Å². The minimum atomic E-state index is -0.863. The minimum absolute atomic E-state index is 0.174. The summed E-state index contributed by atoms with van der Waals surface area (Å²) in [5, 5.41) is 9.65. The largest absolute Gasteiger partial charge is 0.394 e. The van der Waals surface area contributed by atoms with Crippen LogP contribution in [0.4, 0.5) is 0 Å². The van der Waals surface area contributed by atoms with Gasteiger partial charge in [-0.2, -0.15) is 0 Å². The van der Waals surface area contributed by atoms with E-state index < -0.39 is 29.8 Å². The maximum Gasteiger partial charge on any atom is 0.236 e. The van der Waals surface area contributed by atoms with Crippen LogP contribution in [0, 0.1) is 0 Å². The third-order valence-electron chi connectivity index (χ3n) is 5.28. The molecular weight excluding hydrogens is 302 g/mol. The van der Waals surface area contributed by atoms with Crippen molar-refractivity contribution >= 4 is 11.7 Å². The van der Waals surface area contributed by atoms with E-state index in [1.54, 1.807) is 0 Å². The average Bonchev–Trinajstić information content (AvgIpc) is 3.13. The van der Waals surface area contributed by atoms with Gasteiger partial charge in [0.15, 0.2) is 17.8 Å². The maximum atomic E-state index is 12.2. The molecule has 1 aliphatic carbocycles. The van der Waals surface area contributed by atoms with Crippen molar-refractivity contribution in [1.29, 1.82) is 0 Å². The summed E-state index contributed by atoms with van der Waals surface area (Å²) in [6, 6.07) is 0. The third-order valence-corrected chi connectivity index (χ3v) is 5.28. The highest BCUT2D eigenvalue weighted by Gasteiger charge is 2.67. The van der Waals surface area contributed by atoms with Crippen LogP contribution in [-0.2, 0) is 23.8 Å². The van der Waals surface area contributed by atoms with Crippen molar-refractivity contribution in [1.82, 2.24) is 4.90 Å². The zero-order chi connectivity index (χ0) is 16.2. The van der Waals surface area contributed by atoms with Gasteiger partial charge >= 0.3 is 0 Å². The number of allylic oxidation sites excluding steroid dienone is 1. The molecule has 126 valence electrons. The number of aliphatic hydroxyl groups excluding tert-OH is 1. The lowest BCUT2D eigenvalue weighted by Gasteiger charge is -2.37. The Kier molecular flexibility index (Phi) is 3.39. The molecule has 1 spiro atoms. The molecule has 0 aromatic carbocycles. The Hall–Kier alpha value is -1.28. The Morgan fingerprint density at radius 3 is 2.74 bits per heavy atom. The highest BCUT2D eigenvalue weighted by Crippen LogP contribution is 2.53. The van der Waals surface area contributed by atoms with Crippen LogP contribution in [-0.4, -0.2) is 58.1 Å². The average molecular weight is 323 g/mol. The fourth-order valence-corrected chi connectivity index (χ4v) is 4.21. The van der Waals surface area contributed by atoms with Crippen LogP contribution in [0.2, 0.25) is 0 Å². The Balaban J connectivity index is 1.67. The second-order valence-electron chi connectivity index (χ2n) is 6.91. The van der Waals surface area contributed by atoms with Crippen LogP contribution < -0.4 is 0 Å². The third kappa shape index (κ3) is 2.18. The SMILES string of the molecule is C[C@@]12OC3(CCCC3)O[C@@H]1[C@@H](CO)O[C@H]2N1C=CC(=O)CC1=O. The summed E-state index contributed by atoms with van der Waals surface area (Å²) in [7, 11) is 0. The molecule has 4 rings (SSSR count). The summed E-state index contributed by atoms with van der Waals surface area (Å²) in [5.74, 6) is -1.18. The number of nitrogens with zero attached hydrogens (tertiary/aromatic N) is 1. The summed E-state index contributed by atoms with van der Waals surface area (Å²) < 4.78 is 18.4. The smallest absolute Gasteiger partial charge is 0.236 e. The lowest BCUT2D eigenvalue weighted by molar-refractivity contribution is -0.236. The molecule has 0 bridgehead atoms. The van der Waals surface area contributed by atoms with Crippen LogP contribution in [0.1, 0.15) is 39.0 Å². The Morgan fingerprint density at radius 1 is 1.35 bits per heavy atom. The molecular formula is C16H21NO6. The first kappa shape index (κ1) is 15.3. The Morgan fingerprint density at radius 2 is 2.09 bits per heavy atom. The van der Waals surface area contributed by atoms with Gasteiger partial charge in [0.2, 0.25) is 5.91 Å². The summed E-state index contributed by atoms with van der Waals surface area (Å²) in [6.07, 6.45) is 4.65. The molecule has 0 aromatic rings. The highest BCUT2D eigenvalue weighted by molar-refractivity contribution is 6.06. The molecule has 4 aliphatic rings. The molecule has 1 N–H and O–H groups in total. The van der Waals surface area contributed by atoms with Gasteiger partial charge in [0.1, 0.15) is 17.8 Å². The van der Waals surface area contributed by atoms with Gasteiger partial charge in [0.05, 0.1) is 13.0 Å². The zero-order valence-electron chi connectivity index (χ0n) is 13.1. The van der Waals surface area contributed by atoms with Crippen molar-refractivity contribution in [2.45, 2.75) is 68.9 Å². The van der Waals surface area contributed by atoms with Crippen molar-refractivity contribution in [3.8, 4) is 0 Å². The normalized spacial score (nSPS) is 42.0. The van der Waals surface area contributed by atoms with Gasteiger partial charge < -0.3 is 19.3 Å². The number of hydrogen-bond acceptors (Lipinski definition) is 6. The topological polar surface area (TPSA) is 85.3 Å². The van der Waals surface area contributed by atoms with Gasteiger partial charge in [-0.15, -0.1) is 0 Å². The summed E-state index contributed by atoms with van der Waals surface area (Å²) in [4.78, 5) is 25.0. The second-order valence-corrected chi connectivity index (χ2v) is 6.91. The van der Waals surface area contributed by atoms with E-state index in [4.69, 9.17) is 14.2 Å². The van der Waals surface area contributed by atoms with Crippen LogP contribution in [0.5, 0.6) is 0 Å². The van der Waals surface area contributed by atoms with Gasteiger partial charge in [-0.05, 0) is 25.8 Å². The number of aliphatic hydroxyl groups is 1. The zero-order valence-corrected chi connectivity index (χ0v) is 13.1.